The molecule has 134 valence electrons. The number of amides is 1. The minimum absolute atomic E-state index is 0.267. The highest BCUT2D eigenvalue weighted by atomic mass is 32.1. The van der Waals surface area contributed by atoms with Crippen LogP contribution in [0.5, 0.6) is 0 Å². The Morgan fingerprint density at radius 2 is 1.78 bits per heavy atom. The van der Waals surface area contributed by atoms with E-state index in [1.54, 1.807) is 23.5 Å². The van der Waals surface area contributed by atoms with Gasteiger partial charge in [-0.2, -0.15) is 0 Å². The van der Waals surface area contributed by atoms with Crippen LogP contribution in [0.3, 0.4) is 0 Å². The van der Waals surface area contributed by atoms with E-state index in [0.717, 1.165) is 32.1 Å². The number of carbonyl (C=O) groups is 2. The molecule has 2 heterocycles. The van der Waals surface area contributed by atoms with E-state index in [9.17, 15) is 9.59 Å². The molecule has 0 saturated heterocycles. The number of benzene rings is 2. The molecular formula is C20H14N2O3S2. The summed E-state index contributed by atoms with van der Waals surface area (Å²) >= 11 is 2.71. The molecular weight excluding hydrogens is 380 g/mol. The summed E-state index contributed by atoms with van der Waals surface area (Å²) in [6, 6.07) is 18.7. The van der Waals surface area contributed by atoms with E-state index in [0.29, 0.717) is 15.4 Å². The number of hydrogen-bond donors (Lipinski definition) is 1. The topological polar surface area (TPSA) is 68.3 Å². The molecule has 0 saturated carbocycles. The maximum atomic E-state index is 12.5. The average molecular weight is 394 g/mol. The Labute approximate surface area is 163 Å². The minimum atomic E-state index is -0.447. The number of anilines is 1. The van der Waals surface area contributed by atoms with Crippen LogP contribution in [0.1, 0.15) is 19.3 Å². The number of esters is 1. The fraction of sp³-hybridized carbons (Fsp3) is 0.0500. The molecule has 0 unspecified atom stereocenters. The maximum absolute atomic E-state index is 12.5. The van der Waals surface area contributed by atoms with Gasteiger partial charge in [-0.3, -0.25) is 4.79 Å². The van der Waals surface area contributed by atoms with Crippen molar-refractivity contribution in [2.75, 3.05) is 12.4 Å². The molecule has 0 aliphatic carbocycles. The number of para-hydroxylation sites is 1. The summed E-state index contributed by atoms with van der Waals surface area (Å²) in [4.78, 5) is 29.5. The molecule has 0 aliphatic rings. The quantitative estimate of drug-likeness (QED) is 0.491. The number of rotatable bonds is 4. The molecule has 7 heteroatoms. The lowest BCUT2D eigenvalue weighted by atomic mass is 10.2. The SMILES string of the molecule is COC(=O)c1ccc(C(=O)Nc2cccc(-c3nc4ccccc4s3)c2)s1. The summed E-state index contributed by atoms with van der Waals surface area (Å²) in [5, 5.41) is 3.77. The number of carbonyl (C=O) groups excluding carboxylic acids is 2. The van der Waals surface area contributed by atoms with Crippen molar-refractivity contribution in [1.29, 1.82) is 0 Å². The third-order valence-electron chi connectivity index (χ3n) is 3.88. The van der Waals surface area contributed by atoms with Crippen LogP contribution in [0.15, 0.2) is 60.7 Å². The van der Waals surface area contributed by atoms with Gasteiger partial charge in [0.2, 0.25) is 0 Å². The van der Waals surface area contributed by atoms with Crippen LogP contribution in [0.4, 0.5) is 5.69 Å². The number of hydrogen-bond acceptors (Lipinski definition) is 6. The number of ether oxygens (including phenoxy) is 1. The van der Waals surface area contributed by atoms with Gasteiger partial charge in [0.05, 0.1) is 22.2 Å². The highest BCUT2D eigenvalue weighted by Crippen LogP contribution is 2.31. The van der Waals surface area contributed by atoms with Crippen molar-refractivity contribution in [2.24, 2.45) is 0 Å². The van der Waals surface area contributed by atoms with Crippen LogP contribution in [0, 0.1) is 0 Å². The van der Waals surface area contributed by atoms with E-state index in [1.807, 2.05) is 48.5 Å². The predicted octanol–water partition coefficient (Wildman–Crippen LogP) is 5.06. The third-order valence-corrected chi connectivity index (χ3v) is 6.03. The molecule has 0 atom stereocenters. The van der Waals surface area contributed by atoms with Crippen molar-refractivity contribution < 1.29 is 14.3 Å². The van der Waals surface area contributed by atoms with Crippen molar-refractivity contribution in [2.45, 2.75) is 0 Å². The molecule has 0 spiro atoms. The van der Waals surface area contributed by atoms with Crippen LogP contribution in [-0.2, 0) is 4.74 Å². The third kappa shape index (κ3) is 3.60. The second kappa shape index (κ2) is 7.30. The standard InChI is InChI=1S/C20H14N2O3S2/c1-25-20(24)17-10-9-16(26-17)18(23)21-13-6-4-5-12(11-13)19-22-14-7-2-3-8-15(14)27-19/h2-11H,1H3,(H,21,23). The van der Waals surface area contributed by atoms with Gasteiger partial charge in [0.15, 0.2) is 0 Å². The molecule has 5 nitrogen and oxygen atoms in total. The summed E-state index contributed by atoms with van der Waals surface area (Å²) in [5.74, 6) is -0.714. The highest BCUT2D eigenvalue weighted by molar-refractivity contribution is 7.21. The van der Waals surface area contributed by atoms with Gasteiger partial charge in [0.25, 0.3) is 5.91 Å². The number of nitrogens with one attached hydrogen (secondary N) is 1. The molecule has 4 aromatic rings. The molecule has 0 aliphatic heterocycles. The number of fused-ring (bicyclic) bond motifs is 1. The van der Waals surface area contributed by atoms with Crippen molar-refractivity contribution >= 4 is 50.5 Å². The lowest BCUT2D eigenvalue weighted by Crippen LogP contribution is -2.10. The van der Waals surface area contributed by atoms with Gasteiger partial charge >= 0.3 is 5.97 Å². The zero-order chi connectivity index (χ0) is 18.8. The lowest BCUT2D eigenvalue weighted by molar-refractivity contribution is 0.0606. The van der Waals surface area contributed by atoms with Crippen molar-refractivity contribution in [3.05, 3.63) is 70.4 Å². The monoisotopic (exact) mass is 394 g/mol. The second-order valence-electron chi connectivity index (χ2n) is 5.68. The van der Waals surface area contributed by atoms with Gasteiger partial charge in [-0.1, -0.05) is 24.3 Å². The first-order valence-electron chi connectivity index (χ1n) is 8.09. The van der Waals surface area contributed by atoms with Gasteiger partial charge in [-0.05, 0) is 36.4 Å². The Morgan fingerprint density at radius 1 is 0.963 bits per heavy atom. The van der Waals surface area contributed by atoms with Gasteiger partial charge in [-0.15, -0.1) is 22.7 Å². The average Bonchev–Trinajstić information content (AvgIpc) is 3.35. The Hall–Kier alpha value is -3.03. The zero-order valence-electron chi connectivity index (χ0n) is 14.3. The molecule has 4 rings (SSSR count). The van der Waals surface area contributed by atoms with Gasteiger partial charge in [0.1, 0.15) is 9.88 Å². The first-order chi connectivity index (χ1) is 13.1. The Morgan fingerprint density at radius 3 is 2.59 bits per heavy atom. The van der Waals surface area contributed by atoms with Crippen molar-refractivity contribution in [3.8, 4) is 10.6 Å². The van der Waals surface area contributed by atoms with Crippen LogP contribution >= 0.6 is 22.7 Å². The fourth-order valence-corrected chi connectivity index (χ4v) is 4.37. The molecule has 0 fully saturated rings. The van der Waals surface area contributed by atoms with E-state index in [-0.39, 0.29) is 5.91 Å². The Bertz CT molecular complexity index is 1110. The summed E-state index contributed by atoms with van der Waals surface area (Å²) < 4.78 is 5.79. The number of methoxy groups -OCH3 is 1. The Balaban J connectivity index is 1.56. The smallest absolute Gasteiger partial charge is 0.348 e. The molecule has 2 aromatic carbocycles. The molecule has 2 aromatic heterocycles. The first kappa shape index (κ1) is 17.4. The van der Waals surface area contributed by atoms with Gasteiger partial charge < -0.3 is 10.1 Å². The van der Waals surface area contributed by atoms with E-state index in [4.69, 9.17) is 0 Å². The predicted molar refractivity (Wildman–Crippen MR) is 109 cm³/mol. The fourth-order valence-electron chi connectivity index (χ4n) is 2.59. The number of thiophene rings is 1. The van der Waals surface area contributed by atoms with Crippen LogP contribution < -0.4 is 5.32 Å². The molecule has 1 amide bonds. The second-order valence-corrected chi connectivity index (χ2v) is 7.79. The summed E-state index contributed by atoms with van der Waals surface area (Å²) in [6.45, 7) is 0. The van der Waals surface area contributed by atoms with E-state index >= 15 is 0 Å². The number of thiazole rings is 1. The van der Waals surface area contributed by atoms with Crippen LogP contribution in [0.25, 0.3) is 20.8 Å². The summed E-state index contributed by atoms with van der Waals surface area (Å²) in [7, 11) is 1.31. The highest BCUT2D eigenvalue weighted by Gasteiger charge is 2.14. The molecule has 27 heavy (non-hydrogen) atoms. The van der Waals surface area contributed by atoms with E-state index in [1.165, 1.54) is 7.11 Å². The maximum Gasteiger partial charge on any atom is 0.348 e. The minimum Gasteiger partial charge on any atom is -0.465 e. The number of aromatic nitrogens is 1. The van der Waals surface area contributed by atoms with Crippen LogP contribution in [-0.4, -0.2) is 24.0 Å². The largest absolute Gasteiger partial charge is 0.465 e. The zero-order valence-corrected chi connectivity index (χ0v) is 15.9. The van der Waals surface area contributed by atoms with E-state index in [2.05, 4.69) is 15.0 Å². The number of nitrogens with zero attached hydrogens (tertiary/aromatic N) is 1. The van der Waals surface area contributed by atoms with Crippen molar-refractivity contribution in [3.63, 3.8) is 0 Å². The van der Waals surface area contributed by atoms with E-state index < -0.39 is 5.97 Å². The van der Waals surface area contributed by atoms with Crippen LogP contribution in [0.2, 0.25) is 0 Å². The van der Waals surface area contributed by atoms with Gasteiger partial charge in [-0.25, -0.2) is 9.78 Å². The summed E-state index contributed by atoms with van der Waals surface area (Å²) in [6.07, 6.45) is 0. The van der Waals surface area contributed by atoms with Gasteiger partial charge in [0, 0.05) is 11.3 Å². The first-order valence-corrected chi connectivity index (χ1v) is 9.73. The molecule has 0 bridgehead atoms. The normalized spacial score (nSPS) is 10.7. The molecule has 1 N–H and O–H groups in total. The van der Waals surface area contributed by atoms with Crippen molar-refractivity contribution in [1.82, 2.24) is 4.98 Å². The molecule has 0 radical (unpaired) electrons. The Kier molecular flexibility index (Phi) is 4.70. The lowest BCUT2D eigenvalue weighted by Gasteiger charge is -2.05. The summed E-state index contributed by atoms with van der Waals surface area (Å²) in [5.41, 5.74) is 2.57.